The van der Waals surface area contributed by atoms with Crippen LogP contribution < -0.4 is 10.6 Å². The lowest BCUT2D eigenvalue weighted by atomic mass is 9.89. The molecule has 1 saturated carbocycles. The summed E-state index contributed by atoms with van der Waals surface area (Å²) in [4.78, 5) is 14.1. The fourth-order valence-corrected chi connectivity index (χ4v) is 2.93. The average molecular weight is 326 g/mol. The van der Waals surface area contributed by atoms with Crippen LogP contribution in [0.2, 0.25) is 0 Å². The summed E-state index contributed by atoms with van der Waals surface area (Å²) in [5.74, 6) is 0.973. The standard InChI is InChI=1S/C14H27N3O.2ClH/c18-14(6-9-17-10-7-15-8-11-17)16-12-13-4-2-1-3-5-13;;/h13,15H,1-12H2,(H,16,18);2*1H. The Labute approximate surface area is 135 Å². The normalized spacial score (nSPS) is 20.6. The third-order valence-corrected chi connectivity index (χ3v) is 4.18. The third-order valence-electron chi connectivity index (χ3n) is 4.18. The van der Waals surface area contributed by atoms with Crippen LogP contribution in [0.3, 0.4) is 0 Å². The molecule has 0 aromatic rings. The molecule has 2 fully saturated rings. The van der Waals surface area contributed by atoms with Gasteiger partial charge < -0.3 is 15.5 Å². The van der Waals surface area contributed by atoms with Crippen molar-refractivity contribution in [2.24, 2.45) is 5.92 Å². The number of hydrogen-bond acceptors (Lipinski definition) is 3. The smallest absolute Gasteiger partial charge is 0.221 e. The predicted molar refractivity (Wildman–Crippen MR) is 88.0 cm³/mol. The van der Waals surface area contributed by atoms with Crippen molar-refractivity contribution in [2.75, 3.05) is 39.3 Å². The number of carbonyl (C=O) groups excluding carboxylic acids is 1. The molecule has 4 nitrogen and oxygen atoms in total. The van der Waals surface area contributed by atoms with E-state index in [0.717, 1.165) is 45.2 Å². The molecule has 0 spiro atoms. The molecule has 0 aromatic carbocycles. The Balaban J connectivity index is 0.00000180. The second-order valence-electron chi connectivity index (χ2n) is 5.65. The molecule has 120 valence electrons. The molecule has 1 heterocycles. The molecule has 0 aromatic heterocycles. The maximum Gasteiger partial charge on any atom is 0.221 e. The van der Waals surface area contributed by atoms with Crippen LogP contribution >= 0.6 is 24.8 Å². The van der Waals surface area contributed by atoms with E-state index in [9.17, 15) is 4.79 Å². The van der Waals surface area contributed by atoms with Crippen molar-refractivity contribution < 1.29 is 4.79 Å². The molecule has 2 aliphatic rings. The summed E-state index contributed by atoms with van der Waals surface area (Å²) in [6.45, 7) is 6.10. The number of hydrogen-bond donors (Lipinski definition) is 2. The summed E-state index contributed by atoms with van der Waals surface area (Å²) in [7, 11) is 0. The number of piperazine rings is 1. The van der Waals surface area contributed by atoms with E-state index in [4.69, 9.17) is 0 Å². The first-order valence-electron chi connectivity index (χ1n) is 7.54. The van der Waals surface area contributed by atoms with E-state index in [2.05, 4.69) is 15.5 Å². The summed E-state index contributed by atoms with van der Waals surface area (Å²) >= 11 is 0. The van der Waals surface area contributed by atoms with E-state index in [1.165, 1.54) is 32.1 Å². The summed E-state index contributed by atoms with van der Waals surface area (Å²) in [5.41, 5.74) is 0. The number of amides is 1. The highest BCUT2D eigenvalue weighted by Gasteiger charge is 2.15. The topological polar surface area (TPSA) is 44.4 Å². The molecule has 0 atom stereocenters. The molecule has 1 aliphatic carbocycles. The molecule has 1 aliphatic heterocycles. The van der Waals surface area contributed by atoms with Crippen LogP contribution in [-0.2, 0) is 4.79 Å². The molecule has 6 heteroatoms. The molecule has 1 saturated heterocycles. The first-order valence-corrected chi connectivity index (χ1v) is 7.54. The number of carbonyl (C=O) groups is 1. The summed E-state index contributed by atoms with van der Waals surface area (Å²) in [6, 6.07) is 0. The van der Waals surface area contributed by atoms with Crippen LogP contribution in [0.4, 0.5) is 0 Å². The molecule has 0 unspecified atom stereocenters. The maximum atomic E-state index is 11.8. The van der Waals surface area contributed by atoms with Gasteiger partial charge in [-0.2, -0.15) is 0 Å². The second-order valence-corrected chi connectivity index (χ2v) is 5.65. The SMILES string of the molecule is Cl.Cl.O=C(CCN1CCNCC1)NCC1CCCCC1. The molecule has 2 N–H and O–H groups in total. The fourth-order valence-electron chi connectivity index (χ4n) is 2.93. The van der Waals surface area contributed by atoms with Crippen molar-refractivity contribution in [2.45, 2.75) is 38.5 Å². The summed E-state index contributed by atoms with van der Waals surface area (Å²) in [6.07, 6.45) is 7.35. The Morgan fingerprint density at radius 1 is 1.10 bits per heavy atom. The van der Waals surface area contributed by atoms with Gasteiger partial charge in [0.2, 0.25) is 5.91 Å². The maximum absolute atomic E-state index is 11.8. The summed E-state index contributed by atoms with van der Waals surface area (Å²) < 4.78 is 0. The van der Waals surface area contributed by atoms with E-state index < -0.39 is 0 Å². The van der Waals surface area contributed by atoms with E-state index in [1.807, 2.05) is 0 Å². The van der Waals surface area contributed by atoms with Gasteiger partial charge in [-0.05, 0) is 18.8 Å². The lowest BCUT2D eigenvalue weighted by Crippen LogP contribution is -2.44. The molecule has 0 bridgehead atoms. The van der Waals surface area contributed by atoms with Gasteiger partial charge in [-0.15, -0.1) is 24.8 Å². The van der Waals surface area contributed by atoms with Crippen LogP contribution in [0.25, 0.3) is 0 Å². The van der Waals surface area contributed by atoms with Crippen molar-refractivity contribution in [1.82, 2.24) is 15.5 Å². The second kappa shape index (κ2) is 11.6. The zero-order valence-electron chi connectivity index (χ0n) is 12.2. The molecular formula is C14H29Cl2N3O. The van der Waals surface area contributed by atoms with Gasteiger partial charge in [0.1, 0.15) is 0 Å². The minimum atomic E-state index is 0. The Bertz CT molecular complexity index is 231. The van der Waals surface area contributed by atoms with Crippen molar-refractivity contribution in [1.29, 1.82) is 0 Å². The van der Waals surface area contributed by atoms with Crippen LogP contribution in [0.15, 0.2) is 0 Å². The number of nitrogens with one attached hydrogen (secondary N) is 2. The van der Waals surface area contributed by atoms with Crippen molar-refractivity contribution in [3.05, 3.63) is 0 Å². The Hall–Kier alpha value is -0.0300. The van der Waals surface area contributed by atoms with Gasteiger partial charge in [0.15, 0.2) is 0 Å². The van der Waals surface area contributed by atoms with E-state index in [-0.39, 0.29) is 30.7 Å². The van der Waals surface area contributed by atoms with Crippen molar-refractivity contribution in [3.8, 4) is 0 Å². The number of halogens is 2. The average Bonchev–Trinajstić information content (AvgIpc) is 2.45. The van der Waals surface area contributed by atoms with Crippen molar-refractivity contribution >= 4 is 30.7 Å². The van der Waals surface area contributed by atoms with Crippen LogP contribution in [0, 0.1) is 5.92 Å². The van der Waals surface area contributed by atoms with E-state index in [0.29, 0.717) is 6.42 Å². The first-order chi connectivity index (χ1) is 8.84. The van der Waals surface area contributed by atoms with E-state index in [1.54, 1.807) is 0 Å². The zero-order chi connectivity index (χ0) is 12.6. The lowest BCUT2D eigenvalue weighted by Gasteiger charge is -2.27. The molecule has 20 heavy (non-hydrogen) atoms. The Morgan fingerprint density at radius 3 is 2.40 bits per heavy atom. The quantitative estimate of drug-likeness (QED) is 0.810. The highest BCUT2D eigenvalue weighted by molar-refractivity contribution is 5.85. The Kier molecular flexibility index (Phi) is 11.6. The Morgan fingerprint density at radius 2 is 1.75 bits per heavy atom. The number of rotatable bonds is 5. The molecule has 1 amide bonds. The van der Waals surface area contributed by atoms with Crippen molar-refractivity contribution in [3.63, 3.8) is 0 Å². The fraction of sp³-hybridized carbons (Fsp3) is 0.929. The van der Waals surface area contributed by atoms with Gasteiger partial charge in [0.05, 0.1) is 0 Å². The molecule has 0 radical (unpaired) electrons. The van der Waals surface area contributed by atoms with Gasteiger partial charge in [0, 0.05) is 45.7 Å². The van der Waals surface area contributed by atoms with Gasteiger partial charge in [-0.3, -0.25) is 4.79 Å². The zero-order valence-corrected chi connectivity index (χ0v) is 13.9. The van der Waals surface area contributed by atoms with Gasteiger partial charge in [-0.1, -0.05) is 19.3 Å². The van der Waals surface area contributed by atoms with Crippen LogP contribution in [0.1, 0.15) is 38.5 Å². The van der Waals surface area contributed by atoms with Crippen LogP contribution in [-0.4, -0.2) is 50.1 Å². The predicted octanol–water partition coefficient (Wildman–Crippen LogP) is 1.82. The van der Waals surface area contributed by atoms with Gasteiger partial charge in [-0.25, -0.2) is 0 Å². The minimum absolute atomic E-state index is 0. The van der Waals surface area contributed by atoms with E-state index >= 15 is 0 Å². The monoisotopic (exact) mass is 325 g/mol. The highest BCUT2D eigenvalue weighted by atomic mass is 35.5. The first kappa shape index (κ1) is 20.0. The third kappa shape index (κ3) is 7.67. The van der Waals surface area contributed by atoms with Crippen LogP contribution in [0.5, 0.6) is 0 Å². The number of nitrogens with zero attached hydrogens (tertiary/aromatic N) is 1. The minimum Gasteiger partial charge on any atom is -0.356 e. The molecule has 2 rings (SSSR count). The highest BCUT2D eigenvalue weighted by Crippen LogP contribution is 2.22. The van der Waals surface area contributed by atoms with Gasteiger partial charge in [0.25, 0.3) is 0 Å². The lowest BCUT2D eigenvalue weighted by molar-refractivity contribution is -0.121. The molecular weight excluding hydrogens is 297 g/mol. The summed E-state index contributed by atoms with van der Waals surface area (Å²) in [5, 5.41) is 6.44. The van der Waals surface area contributed by atoms with Gasteiger partial charge >= 0.3 is 0 Å². The largest absolute Gasteiger partial charge is 0.356 e.